The molecule has 0 aliphatic rings. The van der Waals surface area contributed by atoms with E-state index in [9.17, 15) is 4.79 Å². The minimum atomic E-state index is 0.0670. The lowest BCUT2D eigenvalue weighted by atomic mass is 10.1. The van der Waals surface area contributed by atoms with Crippen LogP contribution in [0.1, 0.15) is 31.4 Å². The van der Waals surface area contributed by atoms with Crippen LogP contribution < -0.4 is 15.8 Å². The Hall–Kier alpha value is -3.16. The Morgan fingerprint density at radius 1 is 1.23 bits per heavy atom. The van der Waals surface area contributed by atoms with E-state index in [2.05, 4.69) is 25.3 Å². The second-order valence-electron chi connectivity index (χ2n) is 6.47. The number of hydrogen-bond donors (Lipinski definition) is 3. The van der Waals surface area contributed by atoms with Gasteiger partial charge >= 0.3 is 0 Å². The normalized spacial score (nSPS) is 11.0. The Kier molecular flexibility index (Phi) is 5.31. The molecule has 3 aromatic rings. The number of aromatic amines is 1. The number of carbonyl (C=O) groups is 1. The zero-order valence-corrected chi connectivity index (χ0v) is 14.8. The fourth-order valence-corrected chi connectivity index (χ4v) is 2.48. The molecule has 136 valence electrons. The van der Waals surface area contributed by atoms with Gasteiger partial charge in [-0.2, -0.15) is 9.97 Å². The second-order valence-corrected chi connectivity index (χ2v) is 6.47. The number of imidazole rings is 1. The summed E-state index contributed by atoms with van der Waals surface area (Å²) in [6.45, 7) is 4.90. The van der Waals surface area contributed by atoms with Crippen molar-refractivity contribution in [2.75, 3.05) is 5.73 Å². The lowest BCUT2D eigenvalue weighted by Gasteiger charge is -2.09. The number of aromatic nitrogens is 4. The van der Waals surface area contributed by atoms with Gasteiger partial charge in [-0.3, -0.25) is 4.79 Å². The van der Waals surface area contributed by atoms with E-state index in [1.54, 1.807) is 0 Å². The molecular formula is C18H22N6O2. The molecule has 0 atom stereocenters. The quantitative estimate of drug-likeness (QED) is 0.598. The van der Waals surface area contributed by atoms with Crippen LogP contribution in [-0.4, -0.2) is 25.8 Å². The maximum atomic E-state index is 11.7. The molecule has 3 rings (SSSR count). The first-order valence-corrected chi connectivity index (χ1v) is 8.45. The molecule has 2 heterocycles. The van der Waals surface area contributed by atoms with Crippen LogP contribution in [0.5, 0.6) is 5.88 Å². The van der Waals surface area contributed by atoms with E-state index >= 15 is 0 Å². The Balaban J connectivity index is 1.57. The topological polar surface area (TPSA) is 119 Å². The van der Waals surface area contributed by atoms with Gasteiger partial charge in [-0.25, -0.2) is 4.98 Å². The predicted octanol–water partition coefficient (Wildman–Crippen LogP) is 2.18. The smallest absolute Gasteiger partial charge is 0.245 e. The summed E-state index contributed by atoms with van der Waals surface area (Å²) in [5.41, 5.74) is 8.77. The molecule has 0 aliphatic heterocycles. The number of benzene rings is 1. The van der Waals surface area contributed by atoms with E-state index < -0.39 is 0 Å². The molecule has 0 radical (unpaired) electrons. The Labute approximate surface area is 151 Å². The molecule has 8 heteroatoms. The lowest BCUT2D eigenvalue weighted by Crippen LogP contribution is -2.23. The first-order chi connectivity index (χ1) is 12.5. The number of rotatable bonds is 7. The monoisotopic (exact) mass is 354 g/mol. The van der Waals surface area contributed by atoms with Crippen LogP contribution in [0.4, 0.5) is 5.95 Å². The van der Waals surface area contributed by atoms with Gasteiger partial charge in [0, 0.05) is 13.0 Å². The van der Waals surface area contributed by atoms with E-state index in [0.29, 0.717) is 42.5 Å². The van der Waals surface area contributed by atoms with E-state index in [0.717, 1.165) is 11.1 Å². The van der Waals surface area contributed by atoms with Crippen LogP contribution in [0.2, 0.25) is 0 Å². The molecule has 0 spiro atoms. The first-order valence-electron chi connectivity index (χ1n) is 8.45. The fourth-order valence-electron chi connectivity index (χ4n) is 2.48. The molecule has 8 nitrogen and oxygen atoms in total. The van der Waals surface area contributed by atoms with Gasteiger partial charge in [-0.15, -0.1) is 0 Å². The highest BCUT2D eigenvalue weighted by atomic mass is 16.5. The molecule has 2 aromatic heterocycles. The average molecular weight is 354 g/mol. The summed E-state index contributed by atoms with van der Waals surface area (Å²) < 4.78 is 5.75. The number of nitrogens with one attached hydrogen (secondary N) is 2. The van der Waals surface area contributed by atoms with Gasteiger partial charge in [0.1, 0.15) is 12.1 Å². The summed E-state index contributed by atoms with van der Waals surface area (Å²) >= 11 is 0. The fraction of sp³-hybridized carbons (Fsp3) is 0.333. The molecule has 0 bridgehead atoms. The average Bonchev–Trinajstić information content (AvgIpc) is 3.06. The van der Waals surface area contributed by atoms with Crippen molar-refractivity contribution < 1.29 is 9.53 Å². The second kappa shape index (κ2) is 7.81. The number of carbonyl (C=O) groups excluding carboxylic acids is 1. The highest BCUT2D eigenvalue weighted by molar-refractivity contribution is 5.76. The van der Waals surface area contributed by atoms with Crippen LogP contribution >= 0.6 is 0 Å². The Bertz CT molecular complexity index is 888. The molecule has 0 fully saturated rings. The van der Waals surface area contributed by atoms with E-state index in [4.69, 9.17) is 10.5 Å². The number of fused-ring (bicyclic) bond motifs is 1. The van der Waals surface area contributed by atoms with Gasteiger partial charge in [-0.05, 0) is 17.0 Å². The minimum Gasteiger partial charge on any atom is -0.471 e. The molecule has 1 aromatic carbocycles. The summed E-state index contributed by atoms with van der Waals surface area (Å²) in [6, 6.07) is 7.85. The van der Waals surface area contributed by atoms with Crippen LogP contribution in [0.3, 0.4) is 0 Å². The highest BCUT2D eigenvalue weighted by Crippen LogP contribution is 2.20. The van der Waals surface area contributed by atoms with E-state index in [-0.39, 0.29) is 11.9 Å². The van der Waals surface area contributed by atoms with Gasteiger partial charge in [0.25, 0.3) is 0 Å². The standard InChI is InChI=1S/C18H22N6O2/c1-11(2)7-14(25)20-8-12-3-5-13(6-4-12)9-26-17-15-16(22-10-21-15)23-18(19)24-17/h3-6,10-11H,7-9H2,1-2H3,(H,20,25)(H3,19,21,22,23,24). The first kappa shape index (κ1) is 17.7. The van der Waals surface area contributed by atoms with Crippen LogP contribution in [0.25, 0.3) is 11.2 Å². The zero-order valence-electron chi connectivity index (χ0n) is 14.8. The summed E-state index contributed by atoms with van der Waals surface area (Å²) in [7, 11) is 0. The summed E-state index contributed by atoms with van der Waals surface area (Å²) in [6.07, 6.45) is 2.06. The number of ether oxygens (including phenoxy) is 1. The Morgan fingerprint density at radius 2 is 1.96 bits per heavy atom. The number of nitrogen functional groups attached to an aromatic ring is 1. The summed E-state index contributed by atoms with van der Waals surface area (Å²) in [5.74, 6) is 0.908. The summed E-state index contributed by atoms with van der Waals surface area (Å²) in [4.78, 5) is 26.8. The molecule has 0 saturated heterocycles. The maximum absolute atomic E-state index is 11.7. The van der Waals surface area contributed by atoms with Crippen molar-refractivity contribution in [2.45, 2.75) is 33.4 Å². The predicted molar refractivity (Wildman–Crippen MR) is 98.2 cm³/mol. The van der Waals surface area contributed by atoms with Gasteiger partial charge in [0.15, 0.2) is 5.65 Å². The van der Waals surface area contributed by atoms with Crippen LogP contribution in [-0.2, 0) is 17.9 Å². The van der Waals surface area contributed by atoms with Gasteiger partial charge in [0.2, 0.25) is 17.7 Å². The number of H-pyrrole nitrogens is 1. The van der Waals surface area contributed by atoms with Gasteiger partial charge in [-0.1, -0.05) is 38.1 Å². The third-order valence-electron chi connectivity index (χ3n) is 3.75. The number of nitrogens with two attached hydrogens (primary N) is 1. The SMILES string of the molecule is CC(C)CC(=O)NCc1ccc(COc2nc(N)nc3nc[nH]c23)cc1. The number of anilines is 1. The highest BCUT2D eigenvalue weighted by Gasteiger charge is 2.10. The van der Waals surface area contributed by atoms with Crippen molar-refractivity contribution in [3.63, 3.8) is 0 Å². The van der Waals surface area contributed by atoms with Crippen LogP contribution in [0, 0.1) is 5.92 Å². The number of hydrogen-bond acceptors (Lipinski definition) is 6. The molecule has 0 unspecified atom stereocenters. The van der Waals surface area contributed by atoms with Crippen LogP contribution in [0.15, 0.2) is 30.6 Å². The molecule has 1 amide bonds. The third-order valence-corrected chi connectivity index (χ3v) is 3.75. The molecule has 4 N–H and O–H groups in total. The lowest BCUT2D eigenvalue weighted by molar-refractivity contribution is -0.121. The van der Waals surface area contributed by atoms with Crippen molar-refractivity contribution in [1.29, 1.82) is 0 Å². The molecule has 0 saturated carbocycles. The van der Waals surface area contributed by atoms with Crippen molar-refractivity contribution in [2.24, 2.45) is 5.92 Å². The third kappa shape index (κ3) is 4.47. The van der Waals surface area contributed by atoms with E-state index in [1.165, 1.54) is 6.33 Å². The molecule has 26 heavy (non-hydrogen) atoms. The molecule has 0 aliphatic carbocycles. The van der Waals surface area contributed by atoms with Crippen molar-refractivity contribution in [1.82, 2.24) is 25.3 Å². The largest absolute Gasteiger partial charge is 0.471 e. The maximum Gasteiger partial charge on any atom is 0.245 e. The van der Waals surface area contributed by atoms with Gasteiger partial charge in [0.05, 0.1) is 6.33 Å². The summed E-state index contributed by atoms with van der Waals surface area (Å²) in [5, 5.41) is 2.92. The van der Waals surface area contributed by atoms with Crippen molar-refractivity contribution in [3.8, 4) is 5.88 Å². The Morgan fingerprint density at radius 3 is 2.69 bits per heavy atom. The van der Waals surface area contributed by atoms with Gasteiger partial charge < -0.3 is 20.8 Å². The molecular weight excluding hydrogens is 332 g/mol. The zero-order chi connectivity index (χ0) is 18.5. The van der Waals surface area contributed by atoms with E-state index in [1.807, 2.05) is 38.1 Å². The number of amides is 1. The van der Waals surface area contributed by atoms with Crippen molar-refractivity contribution in [3.05, 3.63) is 41.7 Å². The number of nitrogens with zero attached hydrogens (tertiary/aromatic N) is 3. The minimum absolute atomic E-state index is 0.0670. The van der Waals surface area contributed by atoms with Crippen molar-refractivity contribution >= 4 is 23.0 Å².